The average Bonchev–Trinajstić information content (AvgIpc) is 2.20. The molecule has 0 aromatic carbocycles. The second-order valence-electron chi connectivity index (χ2n) is 4.55. The number of aliphatic carboxylic acids is 3. The van der Waals surface area contributed by atoms with E-state index in [-0.39, 0.29) is 12.0 Å². The predicted molar refractivity (Wildman–Crippen MR) is 56.4 cm³/mol. The summed E-state index contributed by atoms with van der Waals surface area (Å²) < 4.78 is 0. The maximum absolute atomic E-state index is 11.2. The van der Waals surface area contributed by atoms with Crippen LogP contribution in [0.2, 0.25) is 0 Å². The zero-order valence-electron chi connectivity index (χ0n) is 9.51. The van der Waals surface area contributed by atoms with Gasteiger partial charge in [0.05, 0.1) is 11.3 Å². The minimum Gasteiger partial charge on any atom is -0.481 e. The summed E-state index contributed by atoms with van der Waals surface area (Å²) in [5.74, 6) is -5.40. The number of rotatable bonds is 3. The van der Waals surface area contributed by atoms with Gasteiger partial charge in [-0.05, 0) is 19.3 Å². The van der Waals surface area contributed by atoms with Gasteiger partial charge in [0.2, 0.25) is 0 Å². The van der Waals surface area contributed by atoms with Crippen molar-refractivity contribution >= 4 is 17.9 Å². The molecule has 1 rings (SSSR count). The minimum atomic E-state index is -1.37. The van der Waals surface area contributed by atoms with Crippen molar-refractivity contribution in [3.63, 3.8) is 0 Å². The molecule has 6 nitrogen and oxygen atoms in total. The Kier molecular flexibility index (Phi) is 3.26. The zero-order valence-corrected chi connectivity index (χ0v) is 9.51. The predicted octanol–water partition coefficient (Wildman–Crippen LogP) is 0.829. The molecule has 1 aliphatic rings. The molecule has 94 valence electrons. The molecule has 3 N–H and O–H groups in total. The third-order valence-electron chi connectivity index (χ3n) is 3.53. The van der Waals surface area contributed by atoms with E-state index < -0.39 is 35.2 Å². The van der Waals surface area contributed by atoms with E-state index in [1.54, 1.807) is 0 Å². The molecule has 0 bridgehead atoms. The van der Waals surface area contributed by atoms with Crippen LogP contribution in [0.25, 0.3) is 0 Å². The van der Waals surface area contributed by atoms with Crippen LogP contribution in [-0.2, 0) is 14.4 Å². The highest BCUT2D eigenvalue weighted by Gasteiger charge is 2.48. The largest absolute Gasteiger partial charge is 0.481 e. The van der Waals surface area contributed by atoms with Gasteiger partial charge in [-0.15, -0.1) is 0 Å². The monoisotopic (exact) mass is 242 g/mol. The zero-order chi connectivity index (χ0) is 13.4. The summed E-state index contributed by atoms with van der Waals surface area (Å²) in [6.07, 6.45) is 0.975. The Labute approximate surface area is 97.6 Å². The van der Waals surface area contributed by atoms with E-state index >= 15 is 0 Å². The molecule has 3 unspecified atom stereocenters. The van der Waals surface area contributed by atoms with Gasteiger partial charge in [0.1, 0.15) is 0 Å². The molecule has 0 saturated heterocycles. The van der Waals surface area contributed by atoms with Crippen LogP contribution in [0.15, 0.2) is 11.6 Å². The van der Waals surface area contributed by atoms with Gasteiger partial charge in [-0.1, -0.05) is 13.0 Å². The van der Waals surface area contributed by atoms with E-state index in [0.29, 0.717) is 0 Å². The van der Waals surface area contributed by atoms with Gasteiger partial charge in [0, 0.05) is 5.57 Å². The first-order chi connectivity index (χ1) is 7.70. The summed E-state index contributed by atoms with van der Waals surface area (Å²) in [4.78, 5) is 33.1. The second-order valence-corrected chi connectivity index (χ2v) is 4.55. The van der Waals surface area contributed by atoms with Crippen molar-refractivity contribution in [3.05, 3.63) is 11.6 Å². The van der Waals surface area contributed by atoms with Crippen LogP contribution in [0.4, 0.5) is 0 Å². The van der Waals surface area contributed by atoms with Gasteiger partial charge in [0.15, 0.2) is 0 Å². The van der Waals surface area contributed by atoms with E-state index in [2.05, 4.69) is 0 Å². The third-order valence-corrected chi connectivity index (χ3v) is 3.53. The number of carbonyl (C=O) groups is 3. The van der Waals surface area contributed by atoms with Crippen molar-refractivity contribution in [1.82, 2.24) is 0 Å². The molecule has 0 aromatic heterocycles. The lowest BCUT2D eigenvalue weighted by Crippen LogP contribution is -2.44. The Hall–Kier alpha value is -1.85. The third kappa shape index (κ3) is 2.15. The van der Waals surface area contributed by atoms with E-state index in [1.165, 1.54) is 13.8 Å². The topological polar surface area (TPSA) is 112 Å². The number of carboxylic acids is 3. The summed E-state index contributed by atoms with van der Waals surface area (Å²) in [6.45, 7) is 2.90. The van der Waals surface area contributed by atoms with Gasteiger partial charge in [-0.3, -0.25) is 9.59 Å². The second kappa shape index (κ2) is 4.20. The lowest BCUT2D eigenvalue weighted by Gasteiger charge is -2.37. The van der Waals surface area contributed by atoms with E-state index in [9.17, 15) is 14.4 Å². The van der Waals surface area contributed by atoms with Crippen LogP contribution in [0.5, 0.6) is 0 Å². The van der Waals surface area contributed by atoms with Gasteiger partial charge in [0.25, 0.3) is 0 Å². The highest BCUT2D eigenvalue weighted by atomic mass is 16.4. The first-order valence-electron chi connectivity index (χ1n) is 5.10. The SMILES string of the molecule is CC1C(C(=O)O)C=C(C(=O)O)CC1(C)C(=O)O. The van der Waals surface area contributed by atoms with E-state index in [0.717, 1.165) is 6.08 Å². The molecule has 0 heterocycles. The Morgan fingerprint density at radius 3 is 2.18 bits per heavy atom. The first-order valence-corrected chi connectivity index (χ1v) is 5.10. The fourth-order valence-electron chi connectivity index (χ4n) is 2.08. The van der Waals surface area contributed by atoms with Crippen molar-refractivity contribution in [1.29, 1.82) is 0 Å². The molecular formula is C11H14O6. The first kappa shape index (κ1) is 13.2. The standard InChI is InChI=1S/C11H14O6/c1-5-7(9(14)15)3-6(8(12)13)4-11(5,2)10(16)17/h3,5,7H,4H2,1-2H3,(H,12,13)(H,14,15)(H,16,17). The summed E-state index contributed by atoms with van der Waals surface area (Å²) in [7, 11) is 0. The quantitative estimate of drug-likeness (QED) is 0.675. The molecule has 0 spiro atoms. The van der Waals surface area contributed by atoms with Crippen LogP contribution >= 0.6 is 0 Å². The van der Waals surface area contributed by atoms with Crippen molar-refractivity contribution in [2.24, 2.45) is 17.3 Å². The summed E-state index contributed by atoms with van der Waals surface area (Å²) in [6, 6.07) is 0. The Bertz CT molecular complexity index is 410. The number of hydrogen-bond acceptors (Lipinski definition) is 3. The van der Waals surface area contributed by atoms with Crippen molar-refractivity contribution in [2.75, 3.05) is 0 Å². The Morgan fingerprint density at radius 1 is 1.29 bits per heavy atom. The van der Waals surface area contributed by atoms with Crippen LogP contribution in [0.3, 0.4) is 0 Å². The number of hydrogen-bond donors (Lipinski definition) is 3. The summed E-state index contributed by atoms with van der Waals surface area (Å²) in [5.41, 5.74) is -1.52. The minimum absolute atomic E-state index is 0.152. The van der Waals surface area contributed by atoms with Gasteiger partial charge in [-0.25, -0.2) is 4.79 Å². The normalized spacial score (nSPS) is 32.7. The van der Waals surface area contributed by atoms with E-state index in [4.69, 9.17) is 15.3 Å². The van der Waals surface area contributed by atoms with Gasteiger partial charge >= 0.3 is 17.9 Å². The molecular weight excluding hydrogens is 228 g/mol. The lowest BCUT2D eigenvalue weighted by molar-refractivity contribution is -0.156. The van der Waals surface area contributed by atoms with Crippen LogP contribution < -0.4 is 0 Å². The van der Waals surface area contributed by atoms with Gasteiger partial charge in [-0.2, -0.15) is 0 Å². The highest BCUT2D eigenvalue weighted by molar-refractivity contribution is 5.91. The molecule has 0 aliphatic heterocycles. The van der Waals surface area contributed by atoms with Crippen molar-refractivity contribution < 1.29 is 29.7 Å². The highest BCUT2D eigenvalue weighted by Crippen LogP contribution is 2.44. The maximum atomic E-state index is 11.2. The van der Waals surface area contributed by atoms with Crippen LogP contribution in [0.1, 0.15) is 20.3 Å². The molecule has 0 fully saturated rings. The molecule has 0 radical (unpaired) electrons. The number of carboxylic acid groups (broad SMARTS) is 3. The van der Waals surface area contributed by atoms with Gasteiger partial charge < -0.3 is 15.3 Å². The van der Waals surface area contributed by atoms with Crippen LogP contribution in [0, 0.1) is 17.3 Å². The van der Waals surface area contributed by atoms with Crippen molar-refractivity contribution in [2.45, 2.75) is 20.3 Å². The molecule has 0 aromatic rings. The van der Waals surface area contributed by atoms with Crippen LogP contribution in [-0.4, -0.2) is 33.2 Å². The maximum Gasteiger partial charge on any atom is 0.331 e. The average molecular weight is 242 g/mol. The molecule has 0 amide bonds. The fraction of sp³-hybridized carbons (Fsp3) is 0.545. The molecule has 17 heavy (non-hydrogen) atoms. The molecule has 3 atom stereocenters. The smallest absolute Gasteiger partial charge is 0.331 e. The van der Waals surface area contributed by atoms with E-state index in [1.807, 2.05) is 0 Å². The Morgan fingerprint density at radius 2 is 1.82 bits per heavy atom. The van der Waals surface area contributed by atoms with Crippen molar-refractivity contribution in [3.8, 4) is 0 Å². The summed E-state index contributed by atoms with van der Waals surface area (Å²) >= 11 is 0. The fourth-order valence-corrected chi connectivity index (χ4v) is 2.08. The molecule has 6 heteroatoms. The summed E-state index contributed by atoms with van der Waals surface area (Å²) in [5, 5.41) is 27.0. The molecule has 0 saturated carbocycles. The lowest BCUT2D eigenvalue weighted by atomic mass is 9.64. The molecule has 1 aliphatic carbocycles. The Balaban J connectivity index is 3.26.